The molecule has 0 fully saturated rings. The lowest BCUT2D eigenvalue weighted by molar-refractivity contribution is -0.142. The van der Waals surface area contributed by atoms with E-state index < -0.39 is 71.8 Å². The number of fused-ring (bicyclic) bond motifs is 4. The molecule has 0 aliphatic rings. The summed E-state index contributed by atoms with van der Waals surface area (Å²) in [6, 6.07) is 22.4. The number of aromatic amines is 4. The Hall–Kier alpha value is -7.87. The molecular formula is C53H59N11O7S. The van der Waals surface area contributed by atoms with Crippen LogP contribution in [0.25, 0.3) is 43.6 Å². The standard InChI is InChI=1S/C53H59N11O7S/c54-20-10-9-15-38(55)48(65)60-43(21-30-25-56-39-16-5-1-11-34(30)39)49(66)61-45(23-32-27-58-41-18-7-3-13-36(32)41)51(68)64-47(29-72)52(69)62-44(22-31-26-57-40-17-6-2-12-35(31)40)50(67)63-46(53(70)71)24-33-28-59-42-19-8-4-14-37(33)42/h1-8,11-14,16-19,25-28,38,43-47,56-59,72H,9-10,15,20-24,29,54-55H2,(H,60,65)(H,61,66)(H,62,69)(H,63,67)(H,64,68)(H,70,71)/t38-,43-,44-,45-,46-,47-/m0/s1. The van der Waals surface area contributed by atoms with Crippen LogP contribution < -0.4 is 38.1 Å². The third-order valence-corrected chi connectivity index (χ3v) is 13.4. The van der Waals surface area contributed by atoms with Crippen molar-refractivity contribution in [3.63, 3.8) is 0 Å². The first-order valence-corrected chi connectivity index (χ1v) is 24.5. The molecule has 14 N–H and O–H groups in total. The van der Waals surface area contributed by atoms with E-state index in [4.69, 9.17) is 11.5 Å². The molecule has 4 heterocycles. The maximum absolute atomic E-state index is 14.7. The fourth-order valence-electron chi connectivity index (χ4n) is 9.11. The second kappa shape index (κ2) is 23.4. The third-order valence-electron chi connectivity index (χ3n) is 13.0. The predicted octanol–water partition coefficient (Wildman–Crippen LogP) is 3.78. The Labute approximate surface area is 419 Å². The van der Waals surface area contributed by atoms with Crippen LogP contribution in [0.3, 0.4) is 0 Å². The molecule has 4 aromatic carbocycles. The van der Waals surface area contributed by atoms with Crippen molar-refractivity contribution in [2.24, 2.45) is 11.5 Å². The van der Waals surface area contributed by atoms with Gasteiger partial charge < -0.3 is 63.1 Å². The maximum Gasteiger partial charge on any atom is 0.326 e. The molecule has 6 atom stereocenters. The second-order valence-electron chi connectivity index (χ2n) is 18.0. The van der Waals surface area contributed by atoms with E-state index in [-0.39, 0.29) is 31.4 Å². The van der Waals surface area contributed by atoms with Crippen molar-refractivity contribution in [2.45, 2.75) is 81.2 Å². The van der Waals surface area contributed by atoms with Crippen LogP contribution in [0.2, 0.25) is 0 Å². The number of hydrogen-bond acceptors (Lipinski definition) is 9. The van der Waals surface area contributed by atoms with E-state index in [1.54, 1.807) is 24.8 Å². The van der Waals surface area contributed by atoms with Crippen molar-refractivity contribution in [3.05, 3.63) is 144 Å². The molecule has 18 nitrogen and oxygen atoms in total. The van der Waals surface area contributed by atoms with Crippen molar-refractivity contribution in [1.29, 1.82) is 0 Å². The number of carbonyl (C=O) groups is 6. The molecule has 0 radical (unpaired) electrons. The van der Waals surface area contributed by atoms with Crippen LogP contribution in [0, 0.1) is 0 Å². The van der Waals surface area contributed by atoms with Gasteiger partial charge in [-0.15, -0.1) is 0 Å². The third kappa shape index (κ3) is 12.0. The van der Waals surface area contributed by atoms with E-state index in [0.29, 0.717) is 42.5 Å². The topological polar surface area (TPSA) is 298 Å². The molecule has 8 rings (SSSR count). The number of carboxylic acid groups (broad SMARTS) is 1. The van der Waals surface area contributed by atoms with Gasteiger partial charge in [0.25, 0.3) is 0 Å². The van der Waals surface area contributed by atoms with Gasteiger partial charge in [0.05, 0.1) is 6.04 Å². The molecule has 0 saturated heterocycles. The van der Waals surface area contributed by atoms with E-state index in [1.165, 1.54) is 0 Å². The number of thiol groups is 1. The first kappa shape index (κ1) is 50.5. The summed E-state index contributed by atoms with van der Waals surface area (Å²) in [6.07, 6.45) is 8.47. The van der Waals surface area contributed by atoms with E-state index in [1.807, 2.05) is 97.1 Å². The molecule has 4 aromatic heterocycles. The second-order valence-corrected chi connectivity index (χ2v) is 18.3. The van der Waals surface area contributed by atoms with Gasteiger partial charge in [-0.2, -0.15) is 12.6 Å². The zero-order chi connectivity index (χ0) is 50.7. The summed E-state index contributed by atoms with van der Waals surface area (Å²) < 4.78 is 0. The number of aromatic nitrogens is 4. The smallest absolute Gasteiger partial charge is 0.326 e. The Balaban J connectivity index is 1.04. The summed E-state index contributed by atoms with van der Waals surface area (Å²) in [5.41, 5.74) is 18.0. The normalized spacial score (nSPS) is 14.0. The number of benzene rings is 4. The van der Waals surface area contributed by atoms with Crippen LogP contribution >= 0.6 is 12.6 Å². The highest BCUT2D eigenvalue weighted by molar-refractivity contribution is 7.80. The quantitative estimate of drug-likeness (QED) is 0.0309. The fraction of sp³-hybridized carbons (Fsp3) is 0.283. The molecule has 72 heavy (non-hydrogen) atoms. The van der Waals surface area contributed by atoms with Crippen LogP contribution in [0.15, 0.2) is 122 Å². The summed E-state index contributed by atoms with van der Waals surface area (Å²) >= 11 is 4.45. The van der Waals surface area contributed by atoms with Crippen LogP contribution in [0.4, 0.5) is 0 Å². The van der Waals surface area contributed by atoms with Gasteiger partial charge in [-0.1, -0.05) is 79.2 Å². The largest absolute Gasteiger partial charge is 0.480 e. The van der Waals surface area contributed by atoms with Crippen molar-refractivity contribution in [3.8, 4) is 0 Å². The van der Waals surface area contributed by atoms with Crippen molar-refractivity contribution >= 4 is 91.7 Å². The lowest BCUT2D eigenvalue weighted by Crippen LogP contribution is -2.60. The minimum atomic E-state index is -1.37. The first-order chi connectivity index (χ1) is 34.9. The number of aliphatic carboxylic acids is 1. The molecule has 0 unspecified atom stereocenters. The zero-order valence-corrected chi connectivity index (χ0v) is 40.3. The van der Waals surface area contributed by atoms with Crippen molar-refractivity contribution in [1.82, 2.24) is 46.5 Å². The Morgan fingerprint density at radius 2 is 0.764 bits per heavy atom. The predicted molar refractivity (Wildman–Crippen MR) is 280 cm³/mol. The summed E-state index contributed by atoms with van der Waals surface area (Å²) in [5.74, 6) is -5.03. The van der Waals surface area contributed by atoms with Crippen molar-refractivity contribution in [2.75, 3.05) is 12.3 Å². The van der Waals surface area contributed by atoms with Gasteiger partial charge in [-0.05, 0) is 65.9 Å². The van der Waals surface area contributed by atoms with Gasteiger partial charge in [0, 0.05) is 99.8 Å². The summed E-state index contributed by atoms with van der Waals surface area (Å²) in [7, 11) is 0. The van der Waals surface area contributed by atoms with Gasteiger partial charge in [-0.25, -0.2) is 4.79 Å². The van der Waals surface area contributed by atoms with Gasteiger partial charge >= 0.3 is 5.97 Å². The number of H-pyrrole nitrogens is 4. The van der Waals surface area contributed by atoms with Crippen LogP contribution in [-0.2, 0) is 54.5 Å². The lowest BCUT2D eigenvalue weighted by atomic mass is 10.0. The fourth-order valence-corrected chi connectivity index (χ4v) is 9.37. The minimum Gasteiger partial charge on any atom is -0.480 e. The number of nitrogens with two attached hydrogens (primary N) is 2. The average molecular weight is 994 g/mol. The Morgan fingerprint density at radius 1 is 0.458 bits per heavy atom. The molecule has 19 heteroatoms. The van der Waals surface area contributed by atoms with Crippen LogP contribution in [0.1, 0.15) is 41.5 Å². The molecule has 0 saturated carbocycles. The number of carbonyl (C=O) groups excluding carboxylic acids is 5. The number of hydrogen-bond donors (Lipinski definition) is 13. The summed E-state index contributed by atoms with van der Waals surface area (Å²) in [6.45, 7) is 0.441. The monoisotopic (exact) mass is 993 g/mol. The number of para-hydroxylation sites is 4. The molecular weight excluding hydrogens is 935 g/mol. The Morgan fingerprint density at radius 3 is 1.11 bits per heavy atom. The highest BCUT2D eigenvalue weighted by Crippen LogP contribution is 2.24. The molecule has 0 bridgehead atoms. The van der Waals surface area contributed by atoms with E-state index in [9.17, 15) is 33.9 Å². The highest BCUT2D eigenvalue weighted by atomic mass is 32.1. The van der Waals surface area contributed by atoms with Gasteiger partial charge in [-0.3, -0.25) is 24.0 Å². The molecule has 374 valence electrons. The Bertz CT molecular complexity index is 3210. The van der Waals surface area contributed by atoms with Gasteiger partial charge in [0.1, 0.15) is 30.2 Å². The molecule has 5 amide bonds. The molecule has 8 aromatic rings. The summed E-state index contributed by atoms with van der Waals surface area (Å²) in [4.78, 5) is 97.0. The van der Waals surface area contributed by atoms with E-state index in [0.717, 1.165) is 49.2 Å². The van der Waals surface area contributed by atoms with Gasteiger partial charge in [0.2, 0.25) is 29.5 Å². The average Bonchev–Trinajstić information content (AvgIpc) is 4.20. The number of amides is 5. The SMILES string of the molecule is NCCCC[C@H](N)C(=O)N[C@@H](Cc1c[nH]c2ccccc12)C(=O)N[C@@H](Cc1c[nH]c2ccccc12)C(=O)N[C@@H](CS)C(=O)N[C@@H](Cc1c[nH]c2ccccc12)C(=O)N[C@@H](Cc1c[nH]c2ccccc12)C(=O)O. The zero-order valence-electron chi connectivity index (χ0n) is 39.4. The van der Waals surface area contributed by atoms with Gasteiger partial charge in [0.15, 0.2) is 0 Å². The lowest BCUT2D eigenvalue weighted by Gasteiger charge is -2.27. The van der Waals surface area contributed by atoms with E-state index in [2.05, 4.69) is 59.1 Å². The Kier molecular flexibility index (Phi) is 16.4. The van der Waals surface area contributed by atoms with Crippen LogP contribution in [0.5, 0.6) is 0 Å². The van der Waals surface area contributed by atoms with Crippen LogP contribution in [-0.4, -0.2) is 109 Å². The summed E-state index contributed by atoms with van der Waals surface area (Å²) in [5, 5.41) is 27.5. The number of rotatable bonds is 24. The number of carboxylic acids is 1. The maximum atomic E-state index is 14.7. The first-order valence-electron chi connectivity index (χ1n) is 23.9. The minimum absolute atomic E-state index is 0.0343. The molecule has 0 aliphatic carbocycles. The van der Waals surface area contributed by atoms with Crippen molar-refractivity contribution < 1.29 is 33.9 Å². The molecule has 0 spiro atoms. The van der Waals surface area contributed by atoms with E-state index >= 15 is 0 Å². The highest BCUT2D eigenvalue weighted by Gasteiger charge is 2.34. The molecule has 0 aliphatic heterocycles. The number of nitrogens with one attached hydrogen (secondary N) is 9. The number of unbranched alkanes of at least 4 members (excludes halogenated alkanes) is 1.